The van der Waals surface area contributed by atoms with E-state index in [1.54, 1.807) is 0 Å². The van der Waals surface area contributed by atoms with E-state index >= 15 is 0 Å². The Labute approximate surface area is 115 Å². The van der Waals surface area contributed by atoms with Crippen molar-refractivity contribution in [3.05, 3.63) is 60.2 Å². The topological polar surface area (TPSA) is 13.1 Å². The fourth-order valence-corrected chi connectivity index (χ4v) is 3.45. The molecule has 0 aliphatic carbocycles. The van der Waals surface area contributed by atoms with Crippen molar-refractivity contribution in [3.63, 3.8) is 0 Å². The van der Waals surface area contributed by atoms with Crippen molar-refractivity contribution in [2.75, 3.05) is 0 Å². The zero-order chi connectivity index (χ0) is 13.3. The Morgan fingerprint density at radius 2 is 1.35 bits per heavy atom. The van der Waals surface area contributed by atoms with Gasteiger partial charge in [-0.15, -0.1) is 0 Å². The van der Waals surface area contributed by atoms with E-state index in [0.717, 1.165) is 11.2 Å². The molecular formula is C19H12O. The molecule has 0 saturated carbocycles. The molecule has 0 atom stereocenters. The molecule has 1 heterocycles. The second-order valence-electron chi connectivity index (χ2n) is 5.46. The van der Waals surface area contributed by atoms with Gasteiger partial charge in [0.2, 0.25) is 0 Å². The average Bonchev–Trinajstić information content (AvgIpc) is 2.89. The highest BCUT2D eigenvalue weighted by Crippen LogP contribution is 2.42. The fraction of sp³-hybridized carbons (Fsp3) is 0.0526. The summed E-state index contributed by atoms with van der Waals surface area (Å²) >= 11 is 0. The minimum atomic E-state index is 0.988. The van der Waals surface area contributed by atoms with Gasteiger partial charge in [0.25, 0.3) is 0 Å². The van der Waals surface area contributed by atoms with Crippen LogP contribution in [0.5, 0.6) is 0 Å². The van der Waals surface area contributed by atoms with Crippen LogP contribution in [0, 0.1) is 6.92 Å². The molecule has 0 aliphatic rings. The highest BCUT2D eigenvalue weighted by atomic mass is 16.3. The van der Waals surface area contributed by atoms with E-state index in [-0.39, 0.29) is 0 Å². The van der Waals surface area contributed by atoms with Crippen molar-refractivity contribution in [2.45, 2.75) is 6.92 Å². The highest BCUT2D eigenvalue weighted by molar-refractivity contribution is 6.33. The number of hydrogen-bond donors (Lipinski definition) is 0. The van der Waals surface area contributed by atoms with Gasteiger partial charge in [0, 0.05) is 10.8 Å². The Balaban J connectivity index is 2.32. The lowest BCUT2D eigenvalue weighted by molar-refractivity contribution is 0.666. The van der Waals surface area contributed by atoms with Crippen molar-refractivity contribution < 1.29 is 4.42 Å². The largest absolute Gasteiger partial charge is 0.456 e. The summed E-state index contributed by atoms with van der Waals surface area (Å²) in [6.45, 7) is 2.11. The summed E-state index contributed by atoms with van der Waals surface area (Å²) in [5.74, 6) is 0. The summed E-state index contributed by atoms with van der Waals surface area (Å²) in [7, 11) is 0. The number of aryl methyl sites for hydroxylation is 1. The van der Waals surface area contributed by atoms with Gasteiger partial charge in [0.15, 0.2) is 0 Å². The first-order chi connectivity index (χ1) is 9.84. The first-order valence-electron chi connectivity index (χ1n) is 6.89. The third kappa shape index (κ3) is 1.05. The molecule has 0 spiro atoms. The number of furan rings is 1. The Morgan fingerprint density at radius 3 is 2.15 bits per heavy atom. The van der Waals surface area contributed by atoms with Crippen LogP contribution in [-0.2, 0) is 0 Å². The van der Waals surface area contributed by atoms with Gasteiger partial charge in [-0.1, -0.05) is 48.5 Å². The van der Waals surface area contributed by atoms with E-state index in [1.807, 2.05) is 0 Å². The van der Waals surface area contributed by atoms with E-state index in [4.69, 9.17) is 4.42 Å². The number of hydrogen-bond acceptors (Lipinski definition) is 1. The van der Waals surface area contributed by atoms with Gasteiger partial charge in [-0.2, -0.15) is 0 Å². The van der Waals surface area contributed by atoms with Crippen LogP contribution < -0.4 is 0 Å². The van der Waals surface area contributed by atoms with E-state index in [1.165, 1.54) is 37.9 Å². The third-order valence-electron chi connectivity index (χ3n) is 4.35. The molecule has 0 fully saturated rings. The van der Waals surface area contributed by atoms with Crippen LogP contribution in [0.15, 0.2) is 59.0 Å². The summed E-state index contributed by atoms with van der Waals surface area (Å²) in [6.07, 6.45) is 0. The van der Waals surface area contributed by atoms with Crippen LogP contribution in [-0.4, -0.2) is 0 Å². The van der Waals surface area contributed by atoms with Gasteiger partial charge in [-0.05, 0) is 40.1 Å². The molecule has 4 aromatic carbocycles. The van der Waals surface area contributed by atoms with E-state index in [2.05, 4.69) is 61.5 Å². The molecule has 0 amide bonds. The molecule has 1 nitrogen and oxygen atoms in total. The van der Waals surface area contributed by atoms with Crippen molar-refractivity contribution in [1.29, 1.82) is 0 Å². The molecular weight excluding hydrogens is 244 g/mol. The normalized spacial score (nSPS) is 12.2. The smallest absolute Gasteiger partial charge is 0.138 e. The lowest BCUT2D eigenvalue weighted by atomic mass is 9.93. The van der Waals surface area contributed by atoms with Crippen LogP contribution in [0.4, 0.5) is 0 Å². The molecule has 0 bridgehead atoms. The van der Waals surface area contributed by atoms with Crippen LogP contribution in [0.3, 0.4) is 0 Å². The first kappa shape index (κ1) is 10.3. The SMILES string of the molecule is Cc1ccc2c3ccccc3c3cccc4oc1c2c43. The number of fused-ring (bicyclic) bond motifs is 3. The number of benzene rings is 4. The van der Waals surface area contributed by atoms with Crippen LogP contribution in [0.1, 0.15) is 5.56 Å². The van der Waals surface area contributed by atoms with Crippen LogP contribution >= 0.6 is 0 Å². The Morgan fingerprint density at radius 1 is 0.650 bits per heavy atom. The van der Waals surface area contributed by atoms with E-state index < -0.39 is 0 Å². The quantitative estimate of drug-likeness (QED) is 0.327. The van der Waals surface area contributed by atoms with E-state index in [0.29, 0.717) is 0 Å². The molecule has 5 aromatic rings. The maximum atomic E-state index is 6.12. The Bertz CT molecular complexity index is 1100. The summed E-state index contributed by atoms with van der Waals surface area (Å²) in [6, 6.07) is 19.3. The predicted octanol–water partition coefficient (Wildman–Crippen LogP) is 5.64. The highest BCUT2D eigenvalue weighted by Gasteiger charge is 2.17. The monoisotopic (exact) mass is 256 g/mol. The van der Waals surface area contributed by atoms with Gasteiger partial charge in [0.05, 0.1) is 0 Å². The van der Waals surface area contributed by atoms with Gasteiger partial charge in [-0.3, -0.25) is 0 Å². The second kappa shape index (κ2) is 3.31. The molecule has 0 aliphatic heterocycles. The molecule has 5 rings (SSSR count). The number of rotatable bonds is 0. The summed E-state index contributed by atoms with van der Waals surface area (Å²) < 4.78 is 6.12. The van der Waals surface area contributed by atoms with Gasteiger partial charge in [-0.25, -0.2) is 0 Å². The lowest BCUT2D eigenvalue weighted by Gasteiger charge is -2.08. The molecule has 20 heavy (non-hydrogen) atoms. The second-order valence-corrected chi connectivity index (χ2v) is 5.46. The molecule has 1 heteroatoms. The zero-order valence-electron chi connectivity index (χ0n) is 11.1. The van der Waals surface area contributed by atoms with E-state index in [9.17, 15) is 0 Å². The van der Waals surface area contributed by atoms with Crippen molar-refractivity contribution in [1.82, 2.24) is 0 Å². The summed E-state index contributed by atoms with van der Waals surface area (Å²) in [4.78, 5) is 0. The summed E-state index contributed by atoms with van der Waals surface area (Å²) in [5.41, 5.74) is 3.22. The molecule has 94 valence electrons. The minimum absolute atomic E-state index is 0.988. The Kier molecular flexibility index (Phi) is 1.70. The lowest BCUT2D eigenvalue weighted by Crippen LogP contribution is -1.82. The third-order valence-corrected chi connectivity index (χ3v) is 4.35. The minimum Gasteiger partial charge on any atom is -0.456 e. The first-order valence-corrected chi connectivity index (χ1v) is 6.89. The summed E-state index contributed by atoms with van der Waals surface area (Å²) in [5, 5.41) is 7.72. The van der Waals surface area contributed by atoms with Crippen LogP contribution in [0.25, 0.3) is 43.5 Å². The molecule has 0 radical (unpaired) electrons. The van der Waals surface area contributed by atoms with Gasteiger partial charge in [0.1, 0.15) is 11.2 Å². The van der Waals surface area contributed by atoms with Gasteiger partial charge < -0.3 is 4.42 Å². The van der Waals surface area contributed by atoms with Crippen molar-refractivity contribution in [2.24, 2.45) is 0 Å². The molecule has 0 N–H and O–H groups in total. The average molecular weight is 256 g/mol. The van der Waals surface area contributed by atoms with Crippen molar-refractivity contribution >= 4 is 43.5 Å². The Hall–Kier alpha value is -2.54. The fourth-order valence-electron chi connectivity index (χ4n) is 3.45. The molecule has 0 unspecified atom stereocenters. The van der Waals surface area contributed by atoms with Gasteiger partial charge >= 0.3 is 0 Å². The maximum absolute atomic E-state index is 6.12. The zero-order valence-corrected chi connectivity index (χ0v) is 11.1. The molecule has 1 aromatic heterocycles. The predicted molar refractivity (Wildman–Crippen MR) is 84.7 cm³/mol. The molecule has 0 saturated heterocycles. The maximum Gasteiger partial charge on any atom is 0.138 e. The van der Waals surface area contributed by atoms with Crippen molar-refractivity contribution in [3.8, 4) is 0 Å². The standard InChI is InChI=1S/C19H12O/c1-11-9-10-15-13-6-3-2-5-12(13)14-7-4-8-16-17(14)18(15)19(11)20-16/h2-10H,1H3. The van der Waals surface area contributed by atoms with Crippen LogP contribution in [0.2, 0.25) is 0 Å².